The van der Waals surface area contributed by atoms with Gasteiger partial charge < -0.3 is 20.1 Å². The Bertz CT molecular complexity index is 717. The Morgan fingerprint density at radius 1 is 1.39 bits per heavy atom. The number of nitrogens with zero attached hydrogens (tertiary/aromatic N) is 2. The van der Waals surface area contributed by atoms with Gasteiger partial charge >= 0.3 is 6.03 Å². The Hall–Kier alpha value is -2.41. The van der Waals surface area contributed by atoms with Crippen LogP contribution in [-0.4, -0.2) is 29.0 Å². The van der Waals surface area contributed by atoms with E-state index in [-0.39, 0.29) is 6.03 Å². The molecule has 8 heteroatoms. The van der Waals surface area contributed by atoms with Crippen LogP contribution in [0.25, 0.3) is 0 Å². The highest BCUT2D eigenvalue weighted by molar-refractivity contribution is 6.32. The molecular weight excluding hydrogens is 320 g/mol. The molecule has 1 aromatic heterocycles. The number of fused-ring (bicyclic) bond motifs is 1. The third-order valence-corrected chi connectivity index (χ3v) is 3.56. The minimum absolute atomic E-state index is 0.318. The first-order valence-electron chi connectivity index (χ1n) is 7.23. The first kappa shape index (κ1) is 15.5. The number of anilines is 1. The van der Waals surface area contributed by atoms with E-state index >= 15 is 0 Å². The summed E-state index contributed by atoms with van der Waals surface area (Å²) in [5.74, 6) is 1.17. The number of nitrogens with one attached hydrogen (secondary N) is 2. The second-order valence-corrected chi connectivity index (χ2v) is 5.57. The summed E-state index contributed by atoms with van der Waals surface area (Å²) in [4.78, 5) is 11.9. The third-order valence-electron chi connectivity index (χ3n) is 3.28. The van der Waals surface area contributed by atoms with Crippen LogP contribution in [0.1, 0.15) is 12.0 Å². The van der Waals surface area contributed by atoms with Crippen molar-refractivity contribution < 1.29 is 14.3 Å². The second-order valence-electron chi connectivity index (χ2n) is 5.17. The maximum absolute atomic E-state index is 11.9. The standard InChI is InChI=1S/C15H17ClN4O3/c1-20-9-11(8-18-20)19-15(21)17-7-10-5-12(16)14-13(6-10)22-3-2-4-23-14/h5-6,8-9H,2-4,7H2,1H3,(H2,17,19,21). The number of hydrogen-bond donors (Lipinski definition) is 2. The van der Waals surface area contributed by atoms with Gasteiger partial charge in [-0.3, -0.25) is 4.68 Å². The van der Waals surface area contributed by atoms with Gasteiger partial charge in [0.1, 0.15) is 0 Å². The fourth-order valence-electron chi connectivity index (χ4n) is 2.23. The summed E-state index contributed by atoms with van der Waals surface area (Å²) in [6, 6.07) is 3.28. The topological polar surface area (TPSA) is 77.4 Å². The van der Waals surface area contributed by atoms with Gasteiger partial charge in [0.05, 0.1) is 30.1 Å². The number of rotatable bonds is 3. The number of halogens is 1. The maximum atomic E-state index is 11.9. The molecule has 1 aliphatic heterocycles. The Labute approximate surface area is 138 Å². The number of aromatic nitrogens is 2. The molecule has 3 rings (SSSR count). The third kappa shape index (κ3) is 3.87. The van der Waals surface area contributed by atoms with Gasteiger partial charge in [0.15, 0.2) is 11.5 Å². The lowest BCUT2D eigenvalue weighted by molar-refractivity contribution is 0.251. The molecule has 23 heavy (non-hydrogen) atoms. The first-order valence-corrected chi connectivity index (χ1v) is 7.61. The van der Waals surface area contributed by atoms with E-state index < -0.39 is 0 Å². The molecule has 0 saturated carbocycles. The van der Waals surface area contributed by atoms with Crippen molar-refractivity contribution in [2.24, 2.45) is 7.05 Å². The van der Waals surface area contributed by atoms with Gasteiger partial charge in [-0.05, 0) is 17.7 Å². The maximum Gasteiger partial charge on any atom is 0.319 e. The van der Waals surface area contributed by atoms with E-state index in [4.69, 9.17) is 21.1 Å². The molecule has 1 aliphatic rings. The highest BCUT2D eigenvalue weighted by atomic mass is 35.5. The molecular formula is C15H17ClN4O3. The number of carbonyl (C=O) groups is 1. The second kappa shape index (κ2) is 6.78. The summed E-state index contributed by atoms with van der Waals surface area (Å²) in [6.45, 7) is 1.49. The lowest BCUT2D eigenvalue weighted by Crippen LogP contribution is -2.28. The number of urea groups is 1. The molecule has 7 nitrogen and oxygen atoms in total. The average Bonchev–Trinajstić information content (AvgIpc) is 2.78. The van der Waals surface area contributed by atoms with Crippen molar-refractivity contribution in [3.05, 3.63) is 35.1 Å². The molecule has 2 aromatic rings. The van der Waals surface area contributed by atoms with Crippen LogP contribution in [0.15, 0.2) is 24.5 Å². The van der Waals surface area contributed by atoms with Crippen LogP contribution in [-0.2, 0) is 13.6 Å². The first-order chi connectivity index (χ1) is 11.1. The van der Waals surface area contributed by atoms with Gasteiger partial charge in [-0.1, -0.05) is 11.6 Å². The predicted molar refractivity (Wildman–Crippen MR) is 86.1 cm³/mol. The number of carbonyl (C=O) groups excluding carboxylic acids is 1. The molecule has 2 N–H and O–H groups in total. The predicted octanol–water partition coefficient (Wildman–Crippen LogP) is 2.56. The highest BCUT2D eigenvalue weighted by Crippen LogP contribution is 2.37. The summed E-state index contributed by atoms with van der Waals surface area (Å²) in [7, 11) is 1.78. The summed E-state index contributed by atoms with van der Waals surface area (Å²) < 4.78 is 12.8. The fraction of sp³-hybridized carbons (Fsp3) is 0.333. The van der Waals surface area contributed by atoms with Gasteiger partial charge in [0.25, 0.3) is 0 Å². The number of amides is 2. The van der Waals surface area contributed by atoms with E-state index in [1.54, 1.807) is 30.2 Å². The minimum atomic E-state index is -0.318. The van der Waals surface area contributed by atoms with Crippen molar-refractivity contribution in [1.29, 1.82) is 0 Å². The van der Waals surface area contributed by atoms with Gasteiger partial charge in [-0.15, -0.1) is 0 Å². The van der Waals surface area contributed by atoms with Crippen LogP contribution >= 0.6 is 11.6 Å². The fourth-order valence-corrected chi connectivity index (χ4v) is 2.52. The SMILES string of the molecule is Cn1cc(NC(=O)NCc2cc(Cl)c3c(c2)OCCCO3)cn1. The van der Waals surface area contributed by atoms with E-state index in [9.17, 15) is 4.79 Å². The Morgan fingerprint density at radius 3 is 3.00 bits per heavy atom. The quantitative estimate of drug-likeness (QED) is 0.903. The van der Waals surface area contributed by atoms with Crippen LogP contribution in [0, 0.1) is 0 Å². The van der Waals surface area contributed by atoms with Crippen LogP contribution in [0.4, 0.5) is 10.5 Å². The van der Waals surface area contributed by atoms with Gasteiger partial charge in [-0.2, -0.15) is 5.10 Å². The monoisotopic (exact) mass is 336 g/mol. The van der Waals surface area contributed by atoms with E-state index in [0.717, 1.165) is 12.0 Å². The minimum Gasteiger partial charge on any atom is -0.489 e. The number of ether oxygens (including phenoxy) is 2. The van der Waals surface area contributed by atoms with E-state index in [0.29, 0.717) is 42.0 Å². The average molecular weight is 337 g/mol. The van der Waals surface area contributed by atoms with Gasteiger partial charge in [-0.25, -0.2) is 4.79 Å². The summed E-state index contributed by atoms with van der Waals surface area (Å²) in [5, 5.41) is 9.93. The zero-order valence-electron chi connectivity index (χ0n) is 12.6. The molecule has 0 spiro atoms. The zero-order valence-corrected chi connectivity index (χ0v) is 13.4. The highest BCUT2D eigenvalue weighted by Gasteiger charge is 2.15. The molecule has 0 aliphatic carbocycles. The van der Waals surface area contributed by atoms with Crippen molar-refractivity contribution >= 4 is 23.3 Å². The molecule has 2 amide bonds. The van der Waals surface area contributed by atoms with Gasteiger partial charge in [0.2, 0.25) is 0 Å². The largest absolute Gasteiger partial charge is 0.489 e. The summed E-state index contributed by atoms with van der Waals surface area (Å²) in [6.07, 6.45) is 4.10. The Balaban J connectivity index is 1.62. The van der Waals surface area contributed by atoms with E-state index in [2.05, 4.69) is 15.7 Å². The number of hydrogen-bond acceptors (Lipinski definition) is 4. The van der Waals surface area contributed by atoms with Crippen molar-refractivity contribution in [2.75, 3.05) is 18.5 Å². The molecule has 1 aromatic carbocycles. The zero-order chi connectivity index (χ0) is 16.2. The lowest BCUT2D eigenvalue weighted by atomic mass is 10.2. The van der Waals surface area contributed by atoms with Crippen LogP contribution in [0.2, 0.25) is 5.02 Å². The molecule has 2 heterocycles. The van der Waals surface area contributed by atoms with Crippen molar-refractivity contribution in [3.63, 3.8) is 0 Å². The van der Waals surface area contributed by atoms with Crippen molar-refractivity contribution in [2.45, 2.75) is 13.0 Å². The molecule has 0 radical (unpaired) electrons. The molecule has 0 unspecified atom stereocenters. The molecule has 0 atom stereocenters. The molecule has 122 valence electrons. The Kier molecular flexibility index (Phi) is 4.57. The van der Waals surface area contributed by atoms with Gasteiger partial charge in [0, 0.05) is 26.2 Å². The molecule has 0 bridgehead atoms. The van der Waals surface area contributed by atoms with Crippen molar-refractivity contribution in [3.8, 4) is 11.5 Å². The molecule has 0 fully saturated rings. The normalized spacial score (nSPS) is 13.3. The summed E-state index contributed by atoms with van der Waals surface area (Å²) >= 11 is 6.22. The van der Waals surface area contributed by atoms with Crippen LogP contribution in [0.5, 0.6) is 11.5 Å². The smallest absolute Gasteiger partial charge is 0.319 e. The lowest BCUT2D eigenvalue weighted by Gasteiger charge is -2.12. The summed E-state index contributed by atoms with van der Waals surface area (Å²) in [5.41, 5.74) is 1.46. The van der Waals surface area contributed by atoms with E-state index in [1.807, 2.05) is 6.07 Å². The number of aryl methyl sites for hydroxylation is 1. The number of benzene rings is 1. The van der Waals surface area contributed by atoms with Crippen molar-refractivity contribution in [1.82, 2.24) is 15.1 Å². The van der Waals surface area contributed by atoms with Crippen LogP contribution in [0.3, 0.4) is 0 Å². The molecule has 0 saturated heterocycles. The van der Waals surface area contributed by atoms with Crippen LogP contribution < -0.4 is 20.1 Å². The van der Waals surface area contributed by atoms with E-state index in [1.165, 1.54) is 0 Å². The Morgan fingerprint density at radius 2 is 2.22 bits per heavy atom.